The Bertz CT molecular complexity index is 1220. The first-order valence-electron chi connectivity index (χ1n) is 8.74. The minimum absolute atomic E-state index is 0.135. The fourth-order valence-corrected chi connectivity index (χ4v) is 3.69. The van der Waals surface area contributed by atoms with E-state index >= 15 is 0 Å². The molecular formula is C21H16BrN3O2S. The number of anilines is 1. The molecule has 0 aliphatic carbocycles. The number of hydrogen-bond donors (Lipinski definition) is 2. The van der Waals surface area contributed by atoms with Gasteiger partial charge < -0.3 is 15.1 Å². The second kappa shape index (κ2) is 7.69. The van der Waals surface area contributed by atoms with Gasteiger partial charge in [0.2, 0.25) is 11.8 Å². The van der Waals surface area contributed by atoms with Crippen LogP contribution in [0.25, 0.3) is 33.3 Å². The Hall–Kier alpha value is -2.77. The maximum absolute atomic E-state index is 11.4. The summed E-state index contributed by atoms with van der Waals surface area (Å²) in [5.74, 6) is 0.419. The highest BCUT2D eigenvalue weighted by molar-refractivity contribution is 9.10. The molecule has 0 unspecified atom stereocenters. The molecule has 0 fully saturated rings. The van der Waals surface area contributed by atoms with Crippen LogP contribution < -0.4 is 10.6 Å². The van der Waals surface area contributed by atoms with Crippen molar-refractivity contribution < 1.29 is 9.21 Å². The predicted octanol–water partition coefficient (Wildman–Crippen LogP) is 5.63. The summed E-state index contributed by atoms with van der Waals surface area (Å²) in [5.41, 5.74) is 3.04. The van der Waals surface area contributed by atoms with Crippen LogP contribution in [0.15, 0.2) is 63.5 Å². The van der Waals surface area contributed by atoms with Gasteiger partial charge in [-0.05, 0) is 53.3 Å². The molecule has 2 N–H and O–H groups in total. The molecule has 0 atom stereocenters. The first-order chi connectivity index (χ1) is 13.5. The molecule has 0 aliphatic rings. The molecule has 7 heteroatoms. The van der Waals surface area contributed by atoms with Crippen molar-refractivity contribution in [2.45, 2.75) is 13.3 Å². The summed E-state index contributed by atoms with van der Waals surface area (Å²) in [5, 5.41) is 8.03. The summed E-state index contributed by atoms with van der Waals surface area (Å²) in [6, 6.07) is 17.6. The van der Waals surface area contributed by atoms with Crippen LogP contribution in [0.5, 0.6) is 0 Å². The quantitative estimate of drug-likeness (QED) is 0.393. The number of carbonyl (C=O) groups excluding carboxylic acids is 1. The molecule has 0 aliphatic heterocycles. The highest BCUT2D eigenvalue weighted by Crippen LogP contribution is 2.34. The van der Waals surface area contributed by atoms with Crippen molar-refractivity contribution in [3.63, 3.8) is 0 Å². The molecule has 140 valence electrons. The van der Waals surface area contributed by atoms with Crippen LogP contribution >= 0.6 is 28.1 Å². The SMILES string of the molecule is CCC(=O)NC(=S)Nc1ccc2oc(-c3cccc4c(Br)cccc34)nc2c1. The monoisotopic (exact) mass is 453 g/mol. The number of nitrogens with one attached hydrogen (secondary N) is 2. The third kappa shape index (κ3) is 3.63. The topological polar surface area (TPSA) is 67.2 Å². The second-order valence-corrected chi connectivity index (χ2v) is 7.46. The maximum Gasteiger partial charge on any atom is 0.227 e. The highest BCUT2D eigenvalue weighted by Gasteiger charge is 2.13. The standard InChI is InChI=1S/C21H16BrN3O2S/c1-2-19(26)25-21(28)23-12-9-10-18-17(11-12)24-20(27-18)15-7-3-6-14-13(15)5-4-8-16(14)22/h3-11H,2H2,1H3,(H2,23,25,26,28). The normalized spacial score (nSPS) is 10.9. The lowest BCUT2D eigenvalue weighted by atomic mass is 10.0. The minimum Gasteiger partial charge on any atom is -0.436 e. The van der Waals surface area contributed by atoms with Gasteiger partial charge >= 0.3 is 0 Å². The van der Waals surface area contributed by atoms with Gasteiger partial charge in [-0.25, -0.2) is 4.98 Å². The van der Waals surface area contributed by atoms with E-state index < -0.39 is 0 Å². The molecule has 0 radical (unpaired) electrons. The van der Waals surface area contributed by atoms with Crippen LogP contribution in [0, 0.1) is 0 Å². The van der Waals surface area contributed by atoms with Crippen molar-refractivity contribution >= 4 is 66.7 Å². The maximum atomic E-state index is 11.4. The molecule has 4 aromatic rings. The van der Waals surface area contributed by atoms with Crippen molar-refractivity contribution in [2.75, 3.05) is 5.32 Å². The zero-order chi connectivity index (χ0) is 19.7. The number of aromatic nitrogens is 1. The van der Waals surface area contributed by atoms with Crippen molar-refractivity contribution in [3.8, 4) is 11.5 Å². The van der Waals surface area contributed by atoms with Gasteiger partial charge in [-0.15, -0.1) is 0 Å². The average molecular weight is 454 g/mol. The van der Waals surface area contributed by atoms with Gasteiger partial charge in [0.25, 0.3) is 0 Å². The van der Waals surface area contributed by atoms with E-state index in [1.165, 1.54) is 0 Å². The molecule has 4 rings (SSSR count). The smallest absolute Gasteiger partial charge is 0.227 e. The average Bonchev–Trinajstić information content (AvgIpc) is 3.11. The highest BCUT2D eigenvalue weighted by atomic mass is 79.9. The van der Waals surface area contributed by atoms with Gasteiger partial charge in [-0.3, -0.25) is 4.79 Å². The Morgan fingerprint density at radius 2 is 1.93 bits per heavy atom. The summed E-state index contributed by atoms with van der Waals surface area (Å²) in [7, 11) is 0. The van der Waals surface area contributed by atoms with E-state index in [0.29, 0.717) is 23.4 Å². The van der Waals surface area contributed by atoms with Gasteiger partial charge in [0.05, 0.1) is 0 Å². The van der Waals surface area contributed by atoms with Gasteiger partial charge in [0.15, 0.2) is 10.7 Å². The van der Waals surface area contributed by atoms with Crippen LogP contribution in [0.1, 0.15) is 13.3 Å². The van der Waals surface area contributed by atoms with E-state index in [9.17, 15) is 4.79 Å². The first-order valence-corrected chi connectivity index (χ1v) is 9.94. The van der Waals surface area contributed by atoms with Crippen LogP contribution in [-0.4, -0.2) is 16.0 Å². The Kier molecular flexibility index (Phi) is 5.11. The number of carbonyl (C=O) groups is 1. The molecule has 0 bridgehead atoms. The Balaban J connectivity index is 1.69. The van der Waals surface area contributed by atoms with Crippen molar-refractivity contribution in [2.24, 2.45) is 0 Å². The predicted molar refractivity (Wildman–Crippen MR) is 119 cm³/mol. The number of fused-ring (bicyclic) bond motifs is 2. The molecule has 0 saturated carbocycles. The third-order valence-electron chi connectivity index (χ3n) is 4.32. The molecule has 1 aromatic heterocycles. The number of rotatable bonds is 3. The zero-order valence-corrected chi connectivity index (χ0v) is 17.4. The molecule has 5 nitrogen and oxygen atoms in total. The Labute approximate surface area is 175 Å². The van der Waals surface area contributed by atoms with E-state index in [4.69, 9.17) is 16.6 Å². The largest absolute Gasteiger partial charge is 0.436 e. The van der Waals surface area contributed by atoms with Gasteiger partial charge in [-0.1, -0.05) is 47.1 Å². The Morgan fingerprint density at radius 3 is 2.75 bits per heavy atom. The number of oxazole rings is 1. The zero-order valence-electron chi connectivity index (χ0n) is 15.0. The molecule has 28 heavy (non-hydrogen) atoms. The number of thiocarbonyl (C=S) groups is 1. The van der Waals surface area contributed by atoms with E-state index in [1.807, 2.05) is 48.5 Å². The van der Waals surface area contributed by atoms with E-state index in [0.717, 1.165) is 26.5 Å². The van der Waals surface area contributed by atoms with Crippen LogP contribution in [0.2, 0.25) is 0 Å². The second-order valence-electron chi connectivity index (χ2n) is 6.20. The summed E-state index contributed by atoms with van der Waals surface area (Å²) < 4.78 is 7.01. The van der Waals surface area contributed by atoms with Crippen molar-refractivity contribution in [1.82, 2.24) is 10.3 Å². The Morgan fingerprint density at radius 1 is 1.14 bits per heavy atom. The number of benzene rings is 3. The number of nitrogens with zero attached hydrogens (tertiary/aromatic N) is 1. The van der Waals surface area contributed by atoms with Gasteiger partial charge in [-0.2, -0.15) is 0 Å². The van der Waals surface area contributed by atoms with E-state index in [1.54, 1.807) is 6.92 Å². The number of amides is 1. The first kappa shape index (κ1) is 18.6. The summed E-state index contributed by atoms with van der Waals surface area (Å²) in [4.78, 5) is 16.1. The lowest BCUT2D eigenvalue weighted by molar-refractivity contribution is -0.119. The number of hydrogen-bond acceptors (Lipinski definition) is 4. The van der Waals surface area contributed by atoms with Crippen molar-refractivity contribution in [1.29, 1.82) is 0 Å². The summed E-state index contributed by atoms with van der Waals surface area (Å²) >= 11 is 8.75. The van der Waals surface area contributed by atoms with Gasteiger partial charge in [0.1, 0.15) is 5.52 Å². The molecule has 1 heterocycles. The lowest BCUT2D eigenvalue weighted by Gasteiger charge is -2.08. The fourth-order valence-electron chi connectivity index (χ4n) is 2.96. The molecule has 0 spiro atoms. The van der Waals surface area contributed by atoms with Crippen LogP contribution in [0.4, 0.5) is 5.69 Å². The molecule has 3 aromatic carbocycles. The van der Waals surface area contributed by atoms with Crippen LogP contribution in [0.3, 0.4) is 0 Å². The molecule has 0 saturated heterocycles. The van der Waals surface area contributed by atoms with Crippen LogP contribution in [-0.2, 0) is 4.79 Å². The minimum atomic E-state index is -0.135. The van der Waals surface area contributed by atoms with E-state index in [2.05, 4.69) is 37.6 Å². The number of halogens is 1. The third-order valence-corrected chi connectivity index (χ3v) is 5.21. The summed E-state index contributed by atoms with van der Waals surface area (Å²) in [6.07, 6.45) is 0.370. The fraction of sp³-hybridized carbons (Fsp3) is 0.0952. The van der Waals surface area contributed by atoms with Gasteiger partial charge in [0, 0.05) is 22.1 Å². The molecular weight excluding hydrogens is 438 g/mol. The van der Waals surface area contributed by atoms with Crippen molar-refractivity contribution in [3.05, 3.63) is 59.1 Å². The molecule has 1 amide bonds. The summed E-state index contributed by atoms with van der Waals surface area (Å²) in [6.45, 7) is 1.77. The van der Waals surface area contributed by atoms with E-state index in [-0.39, 0.29) is 11.0 Å². The lowest BCUT2D eigenvalue weighted by Crippen LogP contribution is -2.33.